The molecule has 0 bridgehead atoms. The number of piperidine rings is 1. The van der Waals surface area contributed by atoms with Crippen LogP contribution in [-0.4, -0.2) is 30.2 Å². The Morgan fingerprint density at radius 1 is 1.31 bits per heavy atom. The Balaban J connectivity index is 2.30. The predicted octanol–water partition coefficient (Wildman–Crippen LogP) is 2.86. The summed E-state index contributed by atoms with van der Waals surface area (Å²) in [4.78, 5) is 2.39. The van der Waals surface area contributed by atoms with Crippen LogP contribution in [0, 0.1) is 5.92 Å². The van der Waals surface area contributed by atoms with Crippen molar-refractivity contribution in [3.63, 3.8) is 0 Å². The van der Waals surface area contributed by atoms with Crippen molar-refractivity contribution in [2.24, 2.45) is 5.92 Å². The third-order valence-corrected chi connectivity index (χ3v) is 3.01. The lowest BCUT2D eigenvalue weighted by Crippen LogP contribution is -2.42. The van der Waals surface area contributed by atoms with E-state index in [1.54, 1.807) is 0 Å². The normalized spacial score (nSPS) is 23.8. The molecule has 0 N–H and O–H groups in total. The Bertz CT molecular complexity index is 148. The highest BCUT2D eigenvalue weighted by Gasteiger charge is 2.32. The van der Waals surface area contributed by atoms with E-state index >= 15 is 0 Å². The predicted molar refractivity (Wildman–Crippen MR) is 54.6 cm³/mol. The van der Waals surface area contributed by atoms with Crippen molar-refractivity contribution < 1.29 is 4.39 Å². The second-order valence-electron chi connectivity index (χ2n) is 4.70. The molecule has 1 rings (SSSR count). The van der Waals surface area contributed by atoms with E-state index in [1.165, 1.54) is 0 Å². The van der Waals surface area contributed by atoms with Crippen molar-refractivity contribution in [3.05, 3.63) is 0 Å². The second-order valence-corrected chi connectivity index (χ2v) is 4.70. The minimum absolute atomic E-state index is 0.683. The fourth-order valence-electron chi connectivity index (χ4n) is 2.01. The molecule has 1 saturated heterocycles. The van der Waals surface area contributed by atoms with E-state index in [1.807, 2.05) is 6.92 Å². The Hall–Kier alpha value is -0.110. The molecule has 1 heterocycles. The van der Waals surface area contributed by atoms with Crippen LogP contribution < -0.4 is 0 Å². The summed E-state index contributed by atoms with van der Waals surface area (Å²) in [5.74, 6) is 0.703. The van der Waals surface area contributed by atoms with Crippen molar-refractivity contribution in [3.8, 4) is 0 Å². The summed E-state index contributed by atoms with van der Waals surface area (Å²) in [7, 11) is 0. The van der Waals surface area contributed by atoms with Crippen LogP contribution in [0.4, 0.5) is 4.39 Å². The third-order valence-electron chi connectivity index (χ3n) is 3.01. The Morgan fingerprint density at radius 3 is 2.23 bits per heavy atom. The summed E-state index contributed by atoms with van der Waals surface area (Å²) < 4.78 is 13.8. The van der Waals surface area contributed by atoms with Gasteiger partial charge in [-0.05, 0) is 25.2 Å². The van der Waals surface area contributed by atoms with Gasteiger partial charge in [0.2, 0.25) is 0 Å². The average Bonchev–Trinajstić information content (AvgIpc) is 2.09. The first kappa shape index (κ1) is 11.0. The molecule has 2 heteroatoms. The smallest absolute Gasteiger partial charge is 0.113 e. The van der Waals surface area contributed by atoms with Gasteiger partial charge in [0.15, 0.2) is 0 Å². The standard InChI is InChI=1S/C11H22FN/c1-4-11(12)5-7-13(8-6-11)9-10(2)3/h10H,4-9H2,1-3H3. The van der Waals surface area contributed by atoms with E-state index < -0.39 is 5.67 Å². The molecule has 13 heavy (non-hydrogen) atoms. The summed E-state index contributed by atoms with van der Waals surface area (Å²) in [6.07, 6.45) is 2.15. The quantitative estimate of drug-likeness (QED) is 0.656. The van der Waals surface area contributed by atoms with Gasteiger partial charge in [0.1, 0.15) is 5.67 Å². The number of nitrogens with zero attached hydrogens (tertiary/aromatic N) is 1. The van der Waals surface area contributed by atoms with E-state index in [0.717, 1.165) is 32.5 Å². The van der Waals surface area contributed by atoms with Crippen LogP contribution in [0.2, 0.25) is 0 Å². The van der Waals surface area contributed by atoms with Crippen molar-refractivity contribution >= 4 is 0 Å². The van der Waals surface area contributed by atoms with E-state index in [0.29, 0.717) is 12.3 Å². The van der Waals surface area contributed by atoms with Crippen LogP contribution in [-0.2, 0) is 0 Å². The number of halogens is 1. The molecule has 0 aliphatic carbocycles. The first-order valence-electron chi connectivity index (χ1n) is 5.47. The minimum atomic E-state index is -0.854. The zero-order chi connectivity index (χ0) is 9.90. The lowest BCUT2D eigenvalue weighted by molar-refractivity contribution is 0.0504. The number of hydrogen-bond acceptors (Lipinski definition) is 1. The maximum absolute atomic E-state index is 13.8. The molecule has 0 atom stereocenters. The minimum Gasteiger partial charge on any atom is -0.303 e. The van der Waals surface area contributed by atoms with E-state index in [9.17, 15) is 4.39 Å². The van der Waals surface area contributed by atoms with Gasteiger partial charge in [0.25, 0.3) is 0 Å². The highest BCUT2D eigenvalue weighted by atomic mass is 19.1. The van der Waals surface area contributed by atoms with E-state index in [2.05, 4.69) is 18.7 Å². The van der Waals surface area contributed by atoms with Crippen LogP contribution >= 0.6 is 0 Å². The number of rotatable bonds is 3. The van der Waals surface area contributed by atoms with Crippen LogP contribution in [0.15, 0.2) is 0 Å². The van der Waals surface area contributed by atoms with Crippen molar-refractivity contribution in [1.82, 2.24) is 4.90 Å². The van der Waals surface area contributed by atoms with Crippen LogP contribution in [0.25, 0.3) is 0 Å². The maximum atomic E-state index is 13.8. The van der Waals surface area contributed by atoms with E-state index in [4.69, 9.17) is 0 Å². The molecule has 0 unspecified atom stereocenters. The molecule has 0 radical (unpaired) electrons. The third kappa shape index (κ3) is 3.26. The molecule has 1 fully saturated rings. The zero-order valence-corrected chi connectivity index (χ0v) is 9.15. The number of hydrogen-bond donors (Lipinski definition) is 0. The van der Waals surface area contributed by atoms with E-state index in [-0.39, 0.29) is 0 Å². The van der Waals surface area contributed by atoms with Crippen LogP contribution in [0.3, 0.4) is 0 Å². The van der Waals surface area contributed by atoms with Gasteiger partial charge in [-0.15, -0.1) is 0 Å². The lowest BCUT2D eigenvalue weighted by atomic mass is 9.90. The van der Waals surface area contributed by atoms with Gasteiger partial charge < -0.3 is 4.90 Å². The van der Waals surface area contributed by atoms with Crippen molar-refractivity contribution in [2.45, 2.75) is 45.7 Å². The highest BCUT2D eigenvalue weighted by Crippen LogP contribution is 2.29. The number of alkyl halides is 1. The van der Waals surface area contributed by atoms with Gasteiger partial charge in [-0.2, -0.15) is 0 Å². The molecule has 0 spiro atoms. The molecule has 1 aliphatic heterocycles. The number of likely N-dealkylation sites (tertiary alicyclic amines) is 1. The molecule has 78 valence electrons. The van der Waals surface area contributed by atoms with Gasteiger partial charge in [0, 0.05) is 19.6 Å². The topological polar surface area (TPSA) is 3.24 Å². The maximum Gasteiger partial charge on any atom is 0.113 e. The molecule has 0 aromatic heterocycles. The molecular formula is C11H22FN. The lowest BCUT2D eigenvalue weighted by Gasteiger charge is -2.36. The first-order chi connectivity index (χ1) is 6.06. The summed E-state index contributed by atoms with van der Waals surface area (Å²) in [5, 5.41) is 0. The summed E-state index contributed by atoms with van der Waals surface area (Å²) >= 11 is 0. The summed E-state index contributed by atoms with van der Waals surface area (Å²) in [6, 6.07) is 0. The van der Waals surface area contributed by atoms with Gasteiger partial charge in [-0.1, -0.05) is 20.8 Å². The first-order valence-corrected chi connectivity index (χ1v) is 5.47. The average molecular weight is 187 g/mol. The van der Waals surface area contributed by atoms with Gasteiger partial charge in [0.05, 0.1) is 0 Å². The highest BCUT2D eigenvalue weighted by molar-refractivity contribution is 4.85. The van der Waals surface area contributed by atoms with Gasteiger partial charge in [-0.3, -0.25) is 0 Å². The molecule has 1 aliphatic rings. The summed E-state index contributed by atoms with van der Waals surface area (Å²) in [5.41, 5.74) is -0.854. The second kappa shape index (κ2) is 4.41. The van der Waals surface area contributed by atoms with Gasteiger partial charge in [-0.25, -0.2) is 4.39 Å². The summed E-state index contributed by atoms with van der Waals surface area (Å²) in [6.45, 7) is 9.41. The monoisotopic (exact) mass is 187 g/mol. The molecule has 0 aromatic rings. The Morgan fingerprint density at radius 2 is 1.85 bits per heavy atom. The van der Waals surface area contributed by atoms with Crippen molar-refractivity contribution in [1.29, 1.82) is 0 Å². The Labute approximate surface area is 81.3 Å². The van der Waals surface area contributed by atoms with Crippen LogP contribution in [0.5, 0.6) is 0 Å². The zero-order valence-electron chi connectivity index (χ0n) is 9.15. The largest absolute Gasteiger partial charge is 0.303 e. The SMILES string of the molecule is CCC1(F)CCN(CC(C)C)CC1. The molecule has 1 nitrogen and oxygen atoms in total. The molecule has 0 aromatic carbocycles. The van der Waals surface area contributed by atoms with Gasteiger partial charge >= 0.3 is 0 Å². The fourth-order valence-corrected chi connectivity index (χ4v) is 2.01. The molecule has 0 saturated carbocycles. The Kier molecular flexibility index (Phi) is 3.72. The molecular weight excluding hydrogens is 165 g/mol. The fraction of sp³-hybridized carbons (Fsp3) is 1.00. The molecule has 0 amide bonds. The van der Waals surface area contributed by atoms with Crippen molar-refractivity contribution in [2.75, 3.05) is 19.6 Å². The van der Waals surface area contributed by atoms with Crippen LogP contribution in [0.1, 0.15) is 40.0 Å².